The largest absolute Gasteiger partial charge is 0.342 e. The van der Waals surface area contributed by atoms with Gasteiger partial charge in [-0.2, -0.15) is 0 Å². The standard InChI is InChI=1S/C31H26BrN5O3S/c1-21-7-5-10-23(17-21)20-41-31-35-34-29(36(31)26-13-15-27(16-14-26)37(39)40)28(18-22-8-3-2-4-9-22)33-30(38)24-11-6-12-25(32)19-24/h2-17,19,28H,18,20H2,1H3,(H,33,38). The normalized spacial score (nSPS) is 11.7. The van der Waals surface area contributed by atoms with Gasteiger partial charge >= 0.3 is 0 Å². The molecule has 5 aromatic rings. The molecule has 0 saturated carbocycles. The van der Waals surface area contributed by atoms with E-state index in [0.717, 1.165) is 15.6 Å². The number of hydrogen-bond acceptors (Lipinski definition) is 6. The lowest BCUT2D eigenvalue weighted by Crippen LogP contribution is -2.32. The number of hydrogen-bond donors (Lipinski definition) is 1. The summed E-state index contributed by atoms with van der Waals surface area (Å²) in [4.78, 5) is 24.3. The molecule has 1 aromatic heterocycles. The quantitative estimate of drug-likeness (QED) is 0.0993. The van der Waals surface area contributed by atoms with Crippen molar-refractivity contribution in [3.05, 3.63) is 146 Å². The van der Waals surface area contributed by atoms with Crippen LogP contribution in [0.1, 0.15) is 38.9 Å². The zero-order valence-electron chi connectivity index (χ0n) is 22.1. The van der Waals surface area contributed by atoms with Crippen LogP contribution >= 0.6 is 27.7 Å². The third kappa shape index (κ3) is 7.08. The number of carbonyl (C=O) groups excluding carboxylic acids is 1. The molecule has 0 bridgehead atoms. The number of aryl methyl sites for hydroxylation is 1. The summed E-state index contributed by atoms with van der Waals surface area (Å²) in [6, 6.07) is 31.0. The second-order valence-electron chi connectivity index (χ2n) is 9.45. The molecule has 41 heavy (non-hydrogen) atoms. The molecule has 0 aliphatic rings. The van der Waals surface area contributed by atoms with Crippen molar-refractivity contribution >= 4 is 39.3 Å². The monoisotopic (exact) mass is 627 g/mol. The Morgan fingerprint density at radius 3 is 2.39 bits per heavy atom. The summed E-state index contributed by atoms with van der Waals surface area (Å²) in [5.74, 6) is 0.929. The van der Waals surface area contributed by atoms with E-state index in [1.165, 1.54) is 29.5 Å². The SMILES string of the molecule is Cc1cccc(CSc2nnc(C(Cc3ccccc3)NC(=O)c3cccc(Br)c3)n2-c2ccc([N+](=O)[O-])cc2)c1. The van der Waals surface area contributed by atoms with Gasteiger partial charge in [-0.15, -0.1) is 10.2 Å². The number of nitrogens with zero attached hydrogens (tertiary/aromatic N) is 4. The molecule has 1 heterocycles. The van der Waals surface area contributed by atoms with Gasteiger partial charge in [0.05, 0.1) is 11.0 Å². The number of aromatic nitrogens is 3. The number of nitrogens with one attached hydrogen (secondary N) is 1. The fourth-order valence-corrected chi connectivity index (χ4v) is 5.75. The van der Waals surface area contributed by atoms with Crippen molar-refractivity contribution < 1.29 is 9.72 Å². The van der Waals surface area contributed by atoms with E-state index in [1.54, 1.807) is 24.3 Å². The van der Waals surface area contributed by atoms with Gasteiger partial charge in [0, 0.05) is 33.6 Å². The molecular weight excluding hydrogens is 602 g/mol. The summed E-state index contributed by atoms with van der Waals surface area (Å²) in [5, 5.41) is 24.2. The van der Waals surface area contributed by atoms with E-state index in [4.69, 9.17) is 0 Å². The Balaban J connectivity index is 1.56. The molecule has 0 aliphatic heterocycles. The summed E-state index contributed by atoms with van der Waals surface area (Å²) < 4.78 is 2.67. The maximum Gasteiger partial charge on any atom is 0.269 e. The van der Waals surface area contributed by atoms with Crippen LogP contribution in [0.3, 0.4) is 0 Å². The fourth-order valence-electron chi connectivity index (χ4n) is 4.44. The highest BCUT2D eigenvalue weighted by atomic mass is 79.9. The van der Waals surface area contributed by atoms with E-state index in [2.05, 4.69) is 43.6 Å². The number of non-ortho nitro benzene ring substituents is 1. The highest BCUT2D eigenvalue weighted by Crippen LogP contribution is 2.30. The van der Waals surface area contributed by atoms with Gasteiger partial charge in [0.25, 0.3) is 11.6 Å². The Bertz CT molecular complexity index is 1680. The zero-order chi connectivity index (χ0) is 28.8. The van der Waals surface area contributed by atoms with Gasteiger partial charge < -0.3 is 5.32 Å². The van der Waals surface area contributed by atoms with Crippen molar-refractivity contribution in [1.29, 1.82) is 0 Å². The summed E-state index contributed by atoms with van der Waals surface area (Å²) in [6.45, 7) is 2.05. The number of thioether (sulfide) groups is 1. The predicted molar refractivity (Wildman–Crippen MR) is 163 cm³/mol. The van der Waals surface area contributed by atoms with Gasteiger partial charge in [0.2, 0.25) is 0 Å². The van der Waals surface area contributed by atoms with Crippen LogP contribution in [-0.2, 0) is 12.2 Å². The molecule has 5 rings (SSSR count). The summed E-state index contributed by atoms with van der Waals surface area (Å²) in [7, 11) is 0. The lowest BCUT2D eigenvalue weighted by Gasteiger charge is -2.20. The minimum absolute atomic E-state index is 0.0128. The van der Waals surface area contributed by atoms with Crippen LogP contribution in [-0.4, -0.2) is 25.6 Å². The highest BCUT2D eigenvalue weighted by Gasteiger charge is 2.26. The van der Waals surface area contributed by atoms with Crippen molar-refractivity contribution in [1.82, 2.24) is 20.1 Å². The molecule has 0 spiro atoms. The predicted octanol–water partition coefficient (Wildman–Crippen LogP) is 7.25. The molecule has 1 amide bonds. The molecule has 206 valence electrons. The molecule has 1 N–H and O–H groups in total. The second kappa shape index (κ2) is 12.9. The minimum atomic E-state index is -0.542. The van der Waals surface area contributed by atoms with E-state index < -0.39 is 11.0 Å². The molecule has 8 nitrogen and oxygen atoms in total. The highest BCUT2D eigenvalue weighted by molar-refractivity contribution is 9.10. The van der Waals surface area contributed by atoms with Gasteiger partial charge in [-0.25, -0.2) is 0 Å². The van der Waals surface area contributed by atoms with Crippen molar-refractivity contribution in [3.8, 4) is 5.69 Å². The Morgan fingerprint density at radius 1 is 0.951 bits per heavy atom. The molecule has 0 aliphatic carbocycles. The van der Waals surface area contributed by atoms with Crippen LogP contribution < -0.4 is 5.32 Å². The van der Waals surface area contributed by atoms with Crippen LogP contribution in [0.5, 0.6) is 0 Å². The van der Waals surface area contributed by atoms with Crippen molar-refractivity contribution in [2.75, 3.05) is 0 Å². The van der Waals surface area contributed by atoms with Crippen LogP contribution in [0.4, 0.5) is 5.69 Å². The van der Waals surface area contributed by atoms with Gasteiger partial charge in [-0.05, 0) is 54.8 Å². The first kappa shape index (κ1) is 28.3. The van der Waals surface area contributed by atoms with Gasteiger partial charge in [-0.1, -0.05) is 93.9 Å². The maximum atomic E-state index is 13.4. The number of halogens is 1. The first-order valence-electron chi connectivity index (χ1n) is 12.9. The topological polar surface area (TPSA) is 103 Å². The van der Waals surface area contributed by atoms with Crippen LogP contribution in [0.25, 0.3) is 5.69 Å². The van der Waals surface area contributed by atoms with E-state index in [0.29, 0.717) is 34.4 Å². The van der Waals surface area contributed by atoms with E-state index in [-0.39, 0.29) is 11.6 Å². The lowest BCUT2D eigenvalue weighted by molar-refractivity contribution is -0.384. The Morgan fingerprint density at radius 2 is 1.68 bits per heavy atom. The summed E-state index contributed by atoms with van der Waals surface area (Å²) in [6.07, 6.45) is 0.467. The van der Waals surface area contributed by atoms with Gasteiger partial charge in [-0.3, -0.25) is 19.5 Å². The zero-order valence-corrected chi connectivity index (χ0v) is 24.5. The first-order chi connectivity index (χ1) is 19.9. The molecule has 10 heteroatoms. The van der Waals surface area contributed by atoms with Gasteiger partial charge in [0.15, 0.2) is 11.0 Å². The molecule has 0 fully saturated rings. The smallest absolute Gasteiger partial charge is 0.269 e. The van der Waals surface area contributed by atoms with E-state index >= 15 is 0 Å². The number of amides is 1. The molecule has 0 radical (unpaired) electrons. The Labute approximate surface area is 250 Å². The number of rotatable bonds is 10. The van der Waals surface area contributed by atoms with Crippen molar-refractivity contribution in [3.63, 3.8) is 0 Å². The van der Waals surface area contributed by atoms with Crippen molar-refractivity contribution in [2.24, 2.45) is 0 Å². The number of nitro groups is 1. The summed E-state index contributed by atoms with van der Waals surface area (Å²) >= 11 is 4.95. The first-order valence-corrected chi connectivity index (χ1v) is 14.6. The summed E-state index contributed by atoms with van der Waals surface area (Å²) in [5.41, 5.74) is 4.47. The Kier molecular flexibility index (Phi) is 8.91. The fraction of sp³-hybridized carbons (Fsp3) is 0.129. The lowest BCUT2D eigenvalue weighted by atomic mass is 10.0. The Hall–Kier alpha value is -4.28. The van der Waals surface area contributed by atoms with Crippen LogP contribution in [0.15, 0.2) is 113 Å². The third-order valence-electron chi connectivity index (χ3n) is 6.41. The average molecular weight is 629 g/mol. The van der Waals surface area contributed by atoms with Crippen molar-refractivity contribution in [2.45, 2.75) is 30.3 Å². The van der Waals surface area contributed by atoms with E-state index in [1.807, 2.05) is 66.1 Å². The molecule has 4 aromatic carbocycles. The molecule has 1 unspecified atom stereocenters. The maximum absolute atomic E-state index is 13.4. The van der Waals surface area contributed by atoms with E-state index in [9.17, 15) is 14.9 Å². The molecular formula is C31H26BrN5O3S. The number of benzene rings is 4. The van der Waals surface area contributed by atoms with Crippen LogP contribution in [0.2, 0.25) is 0 Å². The number of carbonyl (C=O) groups is 1. The van der Waals surface area contributed by atoms with Gasteiger partial charge in [0.1, 0.15) is 0 Å². The van der Waals surface area contributed by atoms with Crippen LogP contribution in [0, 0.1) is 17.0 Å². The third-order valence-corrected chi connectivity index (χ3v) is 7.91. The second-order valence-corrected chi connectivity index (χ2v) is 11.3. The number of nitro benzene ring substituents is 1. The molecule has 1 atom stereocenters. The average Bonchev–Trinajstić information content (AvgIpc) is 3.40. The molecule has 0 saturated heterocycles. The minimum Gasteiger partial charge on any atom is -0.342 e.